The minimum Gasteiger partial charge on any atom is -0.493 e. The molecular formula is C25H24FNO2S. The summed E-state index contributed by atoms with van der Waals surface area (Å²) in [4.78, 5) is 3.30. The highest BCUT2D eigenvalue weighted by Crippen LogP contribution is 2.44. The quantitative estimate of drug-likeness (QED) is 0.490. The van der Waals surface area contributed by atoms with Gasteiger partial charge in [0.2, 0.25) is 0 Å². The van der Waals surface area contributed by atoms with E-state index in [1.807, 2.05) is 6.07 Å². The van der Waals surface area contributed by atoms with Crippen LogP contribution < -0.4 is 8.92 Å². The number of halogens is 1. The van der Waals surface area contributed by atoms with Crippen LogP contribution >= 0.6 is 12.0 Å². The smallest absolute Gasteiger partial charge is 0.180 e. The molecule has 0 N–H and O–H groups in total. The molecule has 5 rings (SSSR count). The molecule has 0 spiro atoms. The summed E-state index contributed by atoms with van der Waals surface area (Å²) < 4.78 is 25.1. The minimum atomic E-state index is -0.271. The predicted molar refractivity (Wildman–Crippen MR) is 118 cm³/mol. The average molecular weight is 422 g/mol. The Morgan fingerprint density at radius 2 is 1.90 bits per heavy atom. The van der Waals surface area contributed by atoms with E-state index in [0.29, 0.717) is 11.8 Å². The summed E-state index contributed by atoms with van der Waals surface area (Å²) in [5.74, 6) is 1.13. The normalized spacial score (nSPS) is 17.6. The fourth-order valence-corrected chi connectivity index (χ4v) is 5.23. The first-order valence-electron chi connectivity index (χ1n) is 10.2. The van der Waals surface area contributed by atoms with Crippen molar-refractivity contribution in [2.75, 3.05) is 13.7 Å². The van der Waals surface area contributed by atoms with Crippen LogP contribution in [0.25, 0.3) is 0 Å². The van der Waals surface area contributed by atoms with Crippen molar-refractivity contribution >= 4 is 12.0 Å². The monoisotopic (exact) mass is 421 g/mol. The lowest BCUT2D eigenvalue weighted by atomic mass is 9.83. The maximum Gasteiger partial charge on any atom is 0.180 e. The molecule has 2 aliphatic rings. The summed E-state index contributed by atoms with van der Waals surface area (Å²) in [6, 6.07) is 17.6. The number of ether oxygens (including phenoxy) is 1. The van der Waals surface area contributed by atoms with Crippen LogP contribution in [-0.4, -0.2) is 18.6 Å². The van der Waals surface area contributed by atoms with E-state index in [2.05, 4.69) is 42.2 Å². The lowest BCUT2D eigenvalue weighted by molar-refractivity contribution is 0.160. The molecule has 0 saturated heterocycles. The minimum absolute atomic E-state index is 0.271. The van der Waals surface area contributed by atoms with E-state index in [0.717, 1.165) is 48.6 Å². The Labute approximate surface area is 181 Å². The van der Waals surface area contributed by atoms with E-state index >= 15 is 0 Å². The molecule has 3 aromatic rings. The standard InChI is InChI=1S/C25H24FNO2S/c1-16-5-3-6-17-11-23-21-14-25(29-30-20-8-4-7-19(26)13-20)24(28-2)12-18(21)9-10-27(23)15-22(16)17/h3-8,12-14,23H,9-11,15H2,1-2H3. The van der Waals surface area contributed by atoms with Crippen molar-refractivity contribution in [2.45, 2.75) is 37.2 Å². The Morgan fingerprint density at radius 1 is 1.03 bits per heavy atom. The number of methoxy groups -OCH3 is 1. The zero-order chi connectivity index (χ0) is 20.7. The Balaban J connectivity index is 1.46. The number of nitrogens with zero attached hydrogens (tertiary/aromatic N) is 1. The van der Waals surface area contributed by atoms with Gasteiger partial charge in [-0.3, -0.25) is 4.90 Å². The molecule has 0 radical (unpaired) electrons. The lowest BCUT2D eigenvalue weighted by Crippen LogP contribution is -2.39. The molecule has 5 heteroatoms. The maximum absolute atomic E-state index is 13.5. The van der Waals surface area contributed by atoms with Crippen LogP contribution in [0.3, 0.4) is 0 Å². The van der Waals surface area contributed by atoms with Crippen molar-refractivity contribution < 1.29 is 13.3 Å². The summed E-state index contributed by atoms with van der Waals surface area (Å²) in [7, 11) is 1.66. The van der Waals surface area contributed by atoms with Crippen molar-refractivity contribution in [1.82, 2.24) is 4.90 Å². The van der Waals surface area contributed by atoms with Gasteiger partial charge in [0, 0.05) is 19.1 Å². The third-order valence-electron chi connectivity index (χ3n) is 6.20. The molecule has 0 fully saturated rings. The molecule has 0 aliphatic carbocycles. The predicted octanol–water partition coefficient (Wildman–Crippen LogP) is 5.88. The summed E-state index contributed by atoms with van der Waals surface area (Å²) in [5, 5.41) is 0. The van der Waals surface area contributed by atoms with Gasteiger partial charge >= 0.3 is 0 Å². The highest BCUT2D eigenvalue weighted by Gasteiger charge is 2.33. The van der Waals surface area contributed by atoms with E-state index in [1.54, 1.807) is 13.2 Å². The van der Waals surface area contributed by atoms with Crippen molar-refractivity contribution in [1.29, 1.82) is 0 Å². The van der Waals surface area contributed by atoms with E-state index < -0.39 is 0 Å². The van der Waals surface area contributed by atoms with Crippen LogP contribution in [0.2, 0.25) is 0 Å². The summed E-state index contributed by atoms with van der Waals surface area (Å²) in [6.45, 7) is 4.25. The number of benzene rings is 3. The van der Waals surface area contributed by atoms with Gasteiger partial charge in [0.25, 0.3) is 0 Å². The molecule has 3 aromatic carbocycles. The molecule has 0 aromatic heterocycles. The van der Waals surface area contributed by atoms with Crippen LogP contribution in [0, 0.1) is 12.7 Å². The van der Waals surface area contributed by atoms with Gasteiger partial charge in [0.15, 0.2) is 11.5 Å². The van der Waals surface area contributed by atoms with Gasteiger partial charge in [-0.2, -0.15) is 0 Å². The van der Waals surface area contributed by atoms with Gasteiger partial charge in [-0.15, -0.1) is 0 Å². The van der Waals surface area contributed by atoms with Crippen LogP contribution in [0.15, 0.2) is 59.5 Å². The summed E-state index contributed by atoms with van der Waals surface area (Å²) >= 11 is 1.15. The molecule has 154 valence electrons. The van der Waals surface area contributed by atoms with Gasteiger partial charge in [0.05, 0.1) is 24.0 Å². The molecule has 1 atom stereocenters. The van der Waals surface area contributed by atoms with Gasteiger partial charge in [-0.05, 0) is 77.9 Å². The van der Waals surface area contributed by atoms with Crippen LogP contribution in [0.5, 0.6) is 11.5 Å². The first-order valence-corrected chi connectivity index (χ1v) is 11.0. The maximum atomic E-state index is 13.5. The SMILES string of the molecule is COc1cc2c(cc1OSc1cccc(F)c1)C1Cc3cccc(C)c3CN1CC2. The van der Waals surface area contributed by atoms with E-state index in [9.17, 15) is 4.39 Å². The van der Waals surface area contributed by atoms with Gasteiger partial charge in [0.1, 0.15) is 5.82 Å². The van der Waals surface area contributed by atoms with Crippen LogP contribution in [-0.2, 0) is 19.4 Å². The largest absolute Gasteiger partial charge is 0.493 e. The van der Waals surface area contributed by atoms with E-state index in [-0.39, 0.29) is 5.82 Å². The topological polar surface area (TPSA) is 21.7 Å². The van der Waals surface area contributed by atoms with Crippen molar-refractivity contribution in [3.63, 3.8) is 0 Å². The Kier molecular flexibility index (Phi) is 5.17. The van der Waals surface area contributed by atoms with Crippen LogP contribution in [0.4, 0.5) is 4.39 Å². The molecule has 30 heavy (non-hydrogen) atoms. The number of hydrogen-bond donors (Lipinski definition) is 0. The molecule has 0 saturated carbocycles. The highest BCUT2D eigenvalue weighted by atomic mass is 32.2. The van der Waals surface area contributed by atoms with Crippen LogP contribution in [0.1, 0.15) is 33.9 Å². The number of rotatable bonds is 4. The lowest BCUT2D eigenvalue weighted by Gasteiger charge is -2.42. The average Bonchev–Trinajstić information content (AvgIpc) is 2.76. The second-order valence-electron chi connectivity index (χ2n) is 7.98. The highest BCUT2D eigenvalue weighted by molar-refractivity contribution is 7.95. The van der Waals surface area contributed by atoms with Gasteiger partial charge in [-0.1, -0.05) is 24.3 Å². The van der Waals surface area contributed by atoms with Crippen molar-refractivity contribution in [3.05, 3.63) is 88.2 Å². The Bertz CT molecular complexity index is 1100. The van der Waals surface area contributed by atoms with Crippen molar-refractivity contribution in [3.8, 4) is 11.5 Å². The second-order valence-corrected chi connectivity index (χ2v) is 8.78. The number of aryl methyl sites for hydroxylation is 1. The van der Waals surface area contributed by atoms with Gasteiger partial charge < -0.3 is 8.92 Å². The first kappa shape index (κ1) is 19.5. The molecular weight excluding hydrogens is 397 g/mol. The van der Waals surface area contributed by atoms with Crippen molar-refractivity contribution in [2.24, 2.45) is 0 Å². The summed E-state index contributed by atoms with van der Waals surface area (Å²) in [6.07, 6.45) is 2.01. The zero-order valence-electron chi connectivity index (χ0n) is 17.2. The third kappa shape index (κ3) is 3.57. The molecule has 2 heterocycles. The fraction of sp³-hybridized carbons (Fsp3) is 0.280. The molecule has 3 nitrogen and oxygen atoms in total. The fourth-order valence-electron chi connectivity index (χ4n) is 4.62. The number of hydrogen-bond acceptors (Lipinski definition) is 4. The molecule has 0 amide bonds. The molecule has 0 bridgehead atoms. The third-order valence-corrected chi connectivity index (χ3v) is 6.91. The Hall–Kier alpha value is -2.50. The first-order chi connectivity index (χ1) is 14.6. The van der Waals surface area contributed by atoms with Gasteiger partial charge in [-0.25, -0.2) is 4.39 Å². The summed E-state index contributed by atoms with van der Waals surface area (Å²) in [5.41, 5.74) is 6.93. The molecule has 2 aliphatic heterocycles. The second kappa shape index (κ2) is 7.97. The Morgan fingerprint density at radius 3 is 2.73 bits per heavy atom. The van der Waals surface area contributed by atoms with E-state index in [4.69, 9.17) is 8.92 Å². The van der Waals surface area contributed by atoms with E-state index in [1.165, 1.54) is 39.9 Å². The zero-order valence-corrected chi connectivity index (χ0v) is 18.0. The number of fused-ring (bicyclic) bond motifs is 4. The molecule has 1 unspecified atom stereocenters.